The molecule has 0 spiro atoms. The van der Waals surface area contributed by atoms with Crippen molar-refractivity contribution in [2.45, 2.75) is 61.4 Å². The molecule has 0 radical (unpaired) electrons. The molecule has 1 rings (SSSR count). The third-order valence-electron chi connectivity index (χ3n) is 3.82. The summed E-state index contributed by atoms with van der Waals surface area (Å²) in [5, 5.41) is 0. The summed E-state index contributed by atoms with van der Waals surface area (Å²) >= 11 is 0. The SMILES string of the molecule is CC(C)=C1CN(C(C)C)C(=O)C(C(C)C)=C1C(C)C. The Labute approximate surface area is 118 Å². The van der Waals surface area contributed by atoms with Crippen molar-refractivity contribution in [1.29, 1.82) is 0 Å². The Morgan fingerprint density at radius 3 is 1.74 bits per heavy atom. The zero-order chi connectivity index (χ0) is 14.9. The molecule has 0 bridgehead atoms. The van der Waals surface area contributed by atoms with Gasteiger partial charge in [0.05, 0.1) is 0 Å². The fourth-order valence-corrected chi connectivity index (χ4v) is 2.82. The maximum Gasteiger partial charge on any atom is 0.250 e. The molecule has 2 heteroatoms. The fourth-order valence-electron chi connectivity index (χ4n) is 2.82. The van der Waals surface area contributed by atoms with Gasteiger partial charge in [0.1, 0.15) is 0 Å². The predicted molar refractivity (Wildman–Crippen MR) is 81.9 cm³/mol. The van der Waals surface area contributed by atoms with Crippen molar-refractivity contribution in [3.8, 4) is 0 Å². The zero-order valence-electron chi connectivity index (χ0n) is 13.8. The molecule has 0 unspecified atom stereocenters. The first-order valence-electron chi connectivity index (χ1n) is 7.40. The van der Waals surface area contributed by atoms with E-state index in [-0.39, 0.29) is 17.9 Å². The molecule has 0 aromatic carbocycles. The molecule has 1 heterocycles. The number of amides is 1. The van der Waals surface area contributed by atoms with E-state index in [9.17, 15) is 4.79 Å². The van der Waals surface area contributed by atoms with Gasteiger partial charge in [0, 0.05) is 18.2 Å². The molecule has 1 amide bonds. The summed E-state index contributed by atoms with van der Waals surface area (Å²) in [4.78, 5) is 14.7. The van der Waals surface area contributed by atoms with Crippen LogP contribution < -0.4 is 0 Å². The molecule has 2 nitrogen and oxygen atoms in total. The lowest BCUT2D eigenvalue weighted by Crippen LogP contribution is -2.44. The number of rotatable bonds is 3. The quantitative estimate of drug-likeness (QED) is 0.748. The third kappa shape index (κ3) is 3.10. The van der Waals surface area contributed by atoms with Crippen molar-refractivity contribution in [2.24, 2.45) is 11.8 Å². The van der Waals surface area contributed by atoms with Crippen molar-refractivity contribution < 1.29 is 4.79 Å². The number of hydrogen-bond donors (Lipinski definition) is 0. The molecular formula is C17H29NO. The van der Waals surface area contributed by atoms with E-state index in [0.717, 1.165) is 12.1 Å². The highest BCUT2D eigenvalue weighted by Gasteiger charge is 2.34. The number of hydrogen-bond acceptors (Lipinski definition) is 1. The Morgan fingerprint density at radius 2 is 1.42 bits per heavy atom. The monoisotopic (exact) mass is 263 g/mol. The van der Waals surface area contributed by atoms with E-state index in [4.69, 9.17) is 0 Å². The molecule has 0 aromatic rings. The highest BCUT2D eigenvalue weighted by Crippen LogP contribution is 2.35. The largest absolute Gasteiger partial charge is 0.332 e. The van der Waals surface area contributed by atoms with E-state index in [0.29, 0.717) is 5.92 Å². The minimum absolute atomic E-state index is 0.235. The highest BCUT2D eigenvalue weighted by molar-refractivity contribution is 5.97. The van der Waals surface area contributed by atoms with Gasteiger partial charge >= 0.3 is 0 Å². The summed E-state index contributed by atoms with van der Waals surface area (Å²) in [6, 6.07) is 0.254. The molecule has 0 saturated carbocycles. The van der Waals surface area contributed by atoms with Gasteiger partial charge in [0.15, 0.2) is 0 Å². The molecule has 0 fully saturated rings. The predicted octanol–water partition coefficient (Wildman–Crippen LogP) is 4.18. The summed E-state index contributed by atoms with van der Waals surface area (Å²) in [6.07, 6.45) is 0. The Hall–Kier alpha value is -1.05. The Balaban J connectivity index is 3.52. The van der Waals surface area contributed by atoms with Gasteiger partial charge in [-0.3, -0.25) is 4.79 Å². The van der Waals surface area contributed by atoms with Gasteiger partial charge in [-0.2, -0.15) is 0 Å². The van der Waals surface area contributed by atoms with Crippen molar-refractivity contribution in [3.63, 3.8) is 0 Å². The van der Waals surface area contributed by atoms with Gasteiger partial charge in [-0.1, -0.05) is 33.3 Å². The molecule has 0 N–H and O–H groups in total. The molecule has 0 aromatic heterocycles. The van der Waals surface area contributed by atoms with Crippen LogP contribution in [0.4, 0.5) is 0 Å². The molecular weight excluding hydrogens is 234 g/mol. The van der Waals surface area contributed by atoms with Crippen LogP contribution >= 0.6 is 0 Å². The van der Waals surface area contributed by atoms with Crippen LogP contribution in [0.2, 0.25) is 0 Å². The van der Waals surface area contributed by atoms with Gasteiger partial charge in [-0.25, -0.2) is 0 Å². The molecule has 0 aliphatic carbocycles. The van der Waals surface area contributed by atoms with Gasteiger partial charge in [-0.15, -0.1) is 0 Å². The number of carbonyl (C=O) groups excluding carboxylic acids is 1. The van der Waals surface area contributed by atoms with E-state index in [2.05, 4.69) is 55.4 Å². The molecule has 19 heavy (non-hydrogen) atoms. The lowest BCUT2D eigenvalue weighted by atomic mass is 9.80. The first-order valence-corrected chi connectivity index (χ1v) is 7.40. The third-order valence-corrected chi connectivity index (χ3v) is 3.82. The average molecular weight is 263 g/mol. The molecule has 108 valence electrons. The zero-order valence-corrected chi connectivity index (χ0v) is 13.8. The van der Waals surface area contributed by atoms with Gasteiger partial charge in [0.25, 0.3) is 5.91 Å². The number of allylic oxidation sites excluding steroid dienone is 1. The minimum atomic E-state index is 0.235. The number of nitrogens with zero attached hydrogens (tertiary/aromatic N) is 1. The van der Waals surface area contributed by atoms with Crippen LogP contribution in [0.25, 0.3) is 0 Å². The fraction of sp³-hybridized carbons (Fsp3) is 0.706. The summed E-state index contributed by atoms with van der Waals surface area (Å²) in [5.41, 5.74) is 5.01. The maximum absolute atomic E-state index is 12.7. The first kappa shape index (κ1) is 16.0. The minimum Gasteiger partial charge on any atom is -0.332 e. The molecule has 0 saturated heterocycles. The lowest BCUT2D eigenvalue weighted by molar-refractivity contribution is -0.129. The lowest BCUT2D eigenvalue weighted by Gasteiger charge is -2.38. The van der Waals surface area contributed by atoms with Gasteiger partial charge < -0.3 is 4.90 Å². The van der Waals surface area contributed by atoms with Crippen molar-refractivity contribution in [2.75, 3.05) is 6.54 Å². The van der Waals surface area contributed by atoms with Gasteiger partial charge in [0.2, 0.25) is 0 Å². The Bertz CT molecular complexity index is 421. The summed E-state index contributed by atoms with van der Waals surface area (Å²) in [5.74, 6) is 0.917. The second kappa shape index (κ2) is 5.94. The number of carbonyl (C=O) groups is 1. The highest BCUT2D eigenvalue weighted by atomic mass is 16.2. The van der Waals surface area contributed by atoms with E-state index < -0.39 is 0 Å². The van der Waals surface area contributed by atoms with E-state index in [1.807, 2.05) is 4.90 Å². The van der Waals surface area contributed by atoms with Crippen LogP contribution in [0, 0.1) is 11.8 Å². The molecule has 1 aliphatic rings. The van der Waals surface area contributed by atoms with Gasteiger partial charge in [-0.05, 0) is 50.7 Å². The smallest absolute Gasteiger partial charge is 0.250 e. The van der Waals surface area contributed by atoms with Crippen LogP contribution in [0.5, 0.6) is 0 Å². The summed E-state index contributed by atoms with van der Waals surface area (Å²) < 4.78 is 0. The normalized spacial score (nSPS) is 17.3. The molecule has 1 aliphatic heterocycles. The second-order valence-corrected chi connectivity index (χ2v) is 6.64. The second-order valence-electron chi connectivity index (χ2n) is 6.64. The summed E-state index contributed by atoms with van der Waals surface area (Å²) in [6.45, 7) is 17.9. The van der Waals surface area contributed by atoms with Crippen molar-refractivity contribution >= 4 is 5.91 Å². The standard InChI is InChI=1S/C17H29NO/c1-10(2)14-9-18(13(7)8)17(19)16(12(5)6)15(14)11(3)4/h11-13H,9H2,1-8H3. The van der Waals surface area contributed by atoms with Crippen molar-refractivity contribution in [1.82, 2.24) is 4.90 Å². The Kier molecular flexibility index (Phi) is 5.00. The first-order chi connectivity index (χ1) is 8.68. The molecule has 0 atom stereocenters. The van der Waals surface area contributed by atoms with Crippen LogP contribution in [0.1, 0.15) is 55.4 Å². The van der Waals surface area contributed by atoms with E-state index >= 15 is 0 Å². The van der Waals surface area contributed by atoms with E-state index in [1.165, 1.54) is 16.7 Å². The van der Waals surface area contributed by atoms with E-state index in [1.54, 1.807) is 0 Å². The maximum atomic E-state index is 12.7. The average Bonchev–Trinajstić information content (AvgIpc) is 2.26. The van der Waals surface area contributed by atoms with Crippen LogP contribution in [-0.4, -0.2) is 23.4 Å². The van der Waals surface area contributed by atoms with Crippen LogP contribution in [0.3, 0.4) is 0 Å². The van der Waals surface area contributed by atoms with Crippen LogP contribution in [0.15, 0.2) is 22.3 Å². The Morgan fingerprint density at radius 1 is 0.947 bits per heavy atom. The topological polar surface area (TPSA) is 20.3 Å². The van der Waals surface area contributed by atoms with Crippen LogP contribution in [-0.2, 0) is 4.79 Å². The van der Waals surface area contributed by atoms with Crippen molar-refractivity contribution in [3.05, 3.63) is 22.3 Å². The summed E-state index contributed by atoms with van der Waals surface area (Å²) in [7, 11) is 0.